The minimum absolute atomic E-state index is 0.208. The highest BCUT2D eigenvalue weighted by atomic mass is 16.2. The third-order valence-electron chi connectivity index (χ3n) is 5.15. The molecular weight excluding hydrogens is 420 g/mol. The summed E-state index contributed by atoms with van der Waals surface area (Å²) in [5.74, 6) is -0.210. The fourth-order valence-electron chi connectivity index (χ4n) is 3.49. The van der Waals surface area contributed by atoms with E-state index in [1.54, 1.807) is 19.1 Å². The van der Waals surface area contributed by atoms with Crippen LogP contribution in [0.5, 0.6) is 0 Å². The van der Waals surface area contributed by atoms with Crippen molar-refractivity contribution in [2.24, 2.45) is 27.6 Å². The molecule has 1 atom stereocenters. The number of aryl methyl sites for hydroxylation is 1. The largest absolute Gasteiger partial charge is 0.369 e. The Balaban J connectivity index is 1.65. The Labute approximate surface area is 191 Å². The molecule has 0 aliphatic heterocycles. The summed E-state index contributed by atoms with van der Waals surface area (Å²) in [6.07, 6.45) is 1.78. The summed E-state index contributed by atoms with van der Waals surface area (Å²) in [5, 5.41) is 28.4. The average molecular weight is 449 g/mol. The van der Waals surface area contributed by atoms with E-state index in [4.69, 9.17) is 22.3 Å². The molecule has 0 bridgehead atoms. The highest BCUT2D eigenvalue weighted by Crippen LogP contribution is 2.28. The highest BCUT2D eigenvalue weighted by molar-refractivity contribution is 6.06. The van der Waals surface area contributed by atoms with E-state index in [2.05, 4.69) is 38.6 Å². The van der Waals surface area contributed by atoms with Gasteiger partial charge in [-0.05, 0) is 55.2 Å². The van der Waals surface area contributed by atoms with Gasteiger partial charge in [-0.2, -0.15) is 10.2 Å². The molecule has 0 aromatic heterocycles. The zero-order valence-electron chi connectivity index (χ0n) is 18.5. The van der Waals surface area contributed by atoms with Crippen LogP contribution in [0.4, 0.5) is 16.2 Å². The fourth-order valence-corrected chi connectivity index (χ4v) is 3.49. The maximum atomic E-state index is 12.5. The van der Waals surface area contributed by atoms with E-state index >= 15 is 0 Å². The molecule has 33 heavy (non-hydrogen) atoms. The Hall–Kier alpha value is -4.41. The number of nitrogens with one attached hydrogen (secondary N) is 6. The maximum Gasteiger partial charge on any atom is 0.323 e. The monoisotopic (exact) mass is 448 g/mol. The van der Waals surface area contributed by atoms with E-state index in [0.29, 0.717) is 17.1 Å². The van der Waals surface area contributed by atoms with Gasteiger partial charge in [-0.25, -0.2) is 15.6 Å². The standard InChI is InChI=1S/C22H28N10O/c1-12-3-4-15-11-17(9-10-18(15)19(12)30-32-21(25)26)28-22(33)27-16-7-5-14(6-8-16)13(2)29-31-20(23)24/h5-12H,3-4H2,1-2H3,(H4,23,24,31)(H4,25,26,32)(H2,27,28,33). The number of nitrogens with two attached hydrogens (primary N) is 2. The van der Waals surface area contributed by atoms with Crippen molar-refractivity contribution < 1.29 is 4.79 Å². The first kappa shape index (κ1) is 23.3. The summed E-state index contributed by atoms with van der Waals surface area (Å²) >= 11 is 0. The van der Waals surface area contributed by atoms with Gasteiger partial charge in [0.25, 0.3) is 0 Å². The van der Waals surface area contributed by atoms with Crippen LogP contribution in [0.2, 0.25) is 0 Å². The molecule has 0 fully saturated rings. The second-order valence-corrected chi connectivity index (χ2v) is 7.71. The molecule has 0 radical (unpaired) electrons. The zero-order valence-corrected chi connectivity index (χ0v) is 18.5. The first-order valence-electron chi connectivity index (χ1n) is 10.4. The third-order valence-corrected chi connectivity index (χ3v) is 5.15. The summed E-state index contributed by atoms with van der Waals surface area (Å²) in [6, 6.07) is 12.5. The summed E-state index contributed by atoms with van der Waals surface area (Å²) in [6.45, 7) is 3.87. The lowest BCUT2D eigenvalue weighted by atomic mass is 9.83. The van der Waals surface area contributed by atoms with Crippen LogP contribution in [-0.2, 0) is 6.42 Å². The molecule has 1 unspecified atom stereocenters. The Morgan fingerprint density at radius 1 is 1.00 bits per heavy atom. The number of fused-ring (bicyclic) bond motifs is 1. The maximum absolute atomic E-state index is 12.5. The lowest BCUT2D eigenvalue weighted by Gasteiger charge is -2.24. The van der Waals surface area contributed by atoms with Gasteiger partial charge in [0.15, 0.2) is 0 Å². The van der Waals surface area contributed by atoms with Gasteiger partial charge in [-0.1, -0.05) is 25.1 Å². The zero-order chi connectivity index (χ0) is 24.0. The number of carbonyl (C=O) groups excluding carboxylic acids is 1. The van der Waals surface area contributed by atoms with Crippen LogP contribution in [0.1, 0.15) is 37.0 Å². The summed E-state index contributed by atoms with van der Waals surface area (Å²) in [5.41, 5.74) is 21.2. The van der Waals surface area contributed by atoms with Gasteiger partial charge in [0.2, 0.25) is 11.9 Å². The Bertz CT molecular complexity index is 1120. The molecule has 0 saturated heterocycles. The van der Waals surface area contributed by atoms with E-state index in [1.165, 1.54) is 0 Å². The first-order valence-corrected chi connectivity index (χ1v) is 10.4. The number of hydrogen-bond donors (Lipinski definition) is 8. The number of carbonyl (C=O) groups is 1. The second kappa shape index (κ2) is 10.3. The molecule has 11 heteroatoms. The number of rotatable bonds is 5. The summed E-state index contributed by atoms with van der Waals surface area (Å²) in [7, 11) is 0. The number of hydrogen-bond acceptors (Lipinski definition) is 5. The average Bonchev–Trinajstić information content (AvgIpc) is 2.77. The Morgan fingerprint density at radius 3 is 2.30 bits per heavy atom. The van der Waals surface area contributed by atoms with Crippen LogP contribution in [0.3, 0.4) is 0 Å². The van der Waals surface area contributed by atoms with Gasteiger partial charge < -0.3 is 22.1 Å². The summed E-state index contributed by atoms with van der Waals surface area (Å²) < 4.78 is 0. The van der Waals surface area contributed by atoms with E-state index in [0.717, 1.165) is 35.2 Å². The predicted molar refractivity (Wildman–Crippen MR) is 132 cm³/mol. The molecule has 0 spiro atoms. The minimum Gasteiger partial charge on any atom is -0.369 e. The van der Waals surface area contributed by atoms with Gasteiger partial charge in [0, 0.05) is 22.9 Å². The summed E-state index contributed by atoms with van der Waals surface area (Å²) in [4.78, 5) is 12.5. The minimum atomic E-state index is -0.359. The van der Waals surface area contributed by atoms with Crippen molar-refractivity contribution in [1.82, 2.24) is 10.9 Å². The lowest BCUT2D eigenvalue weighted by Crippen LogP contribution is -2.30. The van der Waals surface area contributed by atoms with E-state index in [-0.39, 0.29) is 23.9 Å². The lowest BCUT2D eigenvalue weighted by molar-refractivity contribution is 0.262. The van der Waals surface area contributed by atoms with Gasteiger partial charge in [-0.15, -0.1) is 0 Å². The molecular formula is C22H28N10O. The molecule has 10 N–H and O–H groups in total. The van der Waals surface area contributed by atoms with Crippen LogP contribution < -0.4 is 33.0 Å². The molecule has 1 aliphatic rings. The van der Waals surface area contributed by atoms with Gasteiger partial charge >= 0.3 is 6.03 Å². The van der Waals surface area contributed by atoms with Crippen molar-refractivity contribution in [2.45, 2.75) is 26.7 Å². The number of amides is 2. The molecule has 2 aromatic carbocycles. The van der Waals surface area contributed by atoms with Crippen molar-refractivity contribution >= 4 is 40.7 Å². The quantitative estimate of drug-likeness (QED) is 0.197. The van der Waals surface area contributed by atoms with Gasteiger partial charge in [0.1, 0.15) is 0 Å². The van der Waals surface area contributed by atoms with E-state index < -0.39 is 0 Å². The first-order chi connectivity index (χ1) is 15.7. The fraction of sp³-hybridized carbons (Fsp3) is 0.227. The van der Waals surface area contributed by atoms with Crippen molar-refractivity contribution in [1.29, 1.82) is 10.8 Å². The van der Waals surface area contributed by atoms with Crippen molar-refractivity contribution in [3.8, 4) is 0 Å². The second-order valence-electron chi connectivity index (χ2n) is 7.71. The SMILES string of the molecule is CC(=NNC(=N)N)c1ccc(NC(=O)Nc2ccc3c(c2)CCC(C)C3=NNC(=N)N)cc1. The molecule has 3 rings (SSSR count). The molecule has 2 aromatic rings. The van der Waals surface area contributed by atoms with Gasteiger partial charge in [-0.3, -0.25) is 10.8 Å². The molecule has 1 aliphatic carbocycles. The van der Waals surface area contributed by atoms with E-state index in [1.807, 2.05) is 30.3 Å². The number of guanidine groups is 2. The number of anilines is 2. The molecule has 0 heterocycles. The smallest absolute Gasteiger partial charge is 0.323 e. The number of hydrazone groups is 2. The van der Waals surface area contributed by atoms with Crippen molar-refractivity contribution in [3.63, 3.8) is 0 Å². The van der Waals surface area contributed by atoms with Crippen LogP contribution in [0, 0.1) is 16.7 Å². The van der Waals surface area contributed by atoms with Crippen molar-refractivity contribution in [2.75, 3.05) is 10.6 Å². The van der Waals surface area contributed by atoms with Crippen LogP contribution in [-0.4, -0.2) is 29.4 Å². The predicted octanol–water partition coefficient (Wildman–Crippen LogP) is 2.31. The topological polar surface area (TPSA) is 190 Å². The third kappa shape index (κ3) is 6.29. The highest BCUT2D eigenvalue weighted by Gasteiger charge is 2.23. The van der Waals surface area contributed by atoms with Crippen molar-refractivity contribution in [3.05, 3.63) is 59.2 Å². The normalized spacial score (nSPS) is 16.5. The molecule has 2 amide bonds. The van der Waals surface area contributed by atoms with Crippen LogP contribution in [0.25, 0.3) is 0 Å². The Kier molecular flexibility index (Phi) is 7.24. The van der Waals surface area contributed by atoms with E-state index in [9.17, 15) is 4.79 Å². The van der Waals surface area contributed by atoms with Gasteiger partial charge in [0.05, 0.1) is 11.4 Å². The molecule has 0 saturated carbocycles. The molecule has 172 valence electrons. The number of benzene rings is 2. The number of nitrogens with zero attached hydrogens (tertiary/aromatic N) is 2. The van der Waals surface area contributed by atoms with Crippen LogP contribution in [0.15, 0.2) is 52.7 Å². The molecule has 11 nitrogen and oxygen atoms in total. The Morgan fingerprint density at radius 2 is 1.64 bits per heavy atom. The van der Waals surface area contributed by atoms with Crippen LogP contribution >= 0.6 is 0 Å². The number of urea groups is 1.